The lowest BCUT2D eigenvalue weighted by atomic mass is 10.0. The van der Waals surface area contributed by atoms with E-state index in [1.807, 2.05) is 0 Å². The van der Waals surface area contributed by atoms with Crippen LogP contribution in [-0.4, -0.2) is 24.5 Å². The van der Waals surface area contributed by atoms with Gasteiger partial charge in [-0.15, -0.1) is 0 Å². The molecule has 0 aliphatic carbocycles. The molecule has 0 bridgehead atoms. The molecule has 0 heterocycles. The third-order valence-corrected chi connectivity index (χ3v) is 9.07. The normalized spacial score (nSPS) is 13.5. The predicted molar refractivity (Wildman–Crippen MR) is 93.6 cm³/mol. The van der Waals surface area contributed by atoms with Gasteiger partial charge in [0, 0.05) is 0 Å². The minimum absolute atomic E-state index is 0.112. The Morgan fingerprint density at radius 3 is 1.17 bits per heavy atom. The maximum Gasteiger partial charge on any atom is 0.343 e. The maximum atomic E-state index is 11.9. The maximum absolute atomic E-state index is 11.9. The van der Waals surface area contributed by atoms with Crippen molar-refractivity contribution >= 4 is 15.2 Å². The van der Waals surface area contributed by atoms with Gasteiger partial charge in [0.1, 0.15) is 0 Å². The first kappa shape index (κ1) is 23.3. The summed E-state index contributed by atoms with van der Waals surface area (Å²) in [5.74, 6) is 0. The molecular formula is C15H34O6P2. The molecule has 23 heavy (non-hydrogen) atoms. The Kier molecular flexibility index (Phi) is 11.2. The topological polar surface area (TPSA) is 115 Å². The Balaban J connectivity index is 4.93. The van der Waals surface area contributed by atoms with Crippen LogP contribution in [0.4, 0.5) is 0 Å². The van der Waals surface area contributed by atoms with E-state index in [0.29, 0.717) is 12.8 Å². The fourth-order valence-electron chi connectivity index (χ4n) is 2.90. The van der Waals surface area contributed by atoms with E-state index in [2.05, 4.69) is 13.8 Å². The second-order valence-corrected chi connectivity index (χ2v) is 10.6. The number of hydrogen-bond acceptors (Lipinski definition) is 2. The van der Waals surface area contributed by atoms with E-state index in [-0.39, 0.29) is 12.8 Å². The summed E-state index contributed by atoms with van der Waals surface area (Å²) in [7, 11) is -9.81. The summed E-state index contributed by atoms with van der Waals surface area (Å²) >= 11 is 0. The van der Waals surface area contributed by atoms with Crippen LogP contribution in [0, 0.1) is 0 Å². The van der Waals surface area contributed by atoms with Crippen molar-refractivity contribution in [3.63, 3.8) is 0 Å². The van der Waals surface area contributed by atoms with Gasteiger partial charge in [-0.1, -0.05) is 78.1 Å². The van der Waals surface area contributed by atoms with Gasteiger partial charge in [0.05, 0.1) is 0 Å². The van der Waals surface area contributed by atoms with Gasteiger partial charge in [-0.3, -0.25) is 9.13 Å². The van der Waals surface area contributed by atoms with Gasteiger partial charge in [-0.2, -0.15) is 0 Å². The van der Waals surface area contributed by atoms with Crippen LogP contribution in [0.15, 0.2) is 0 Å². The van der Waals surface area contributed by atoms with Gasteiger partial charge in [0.15, 0.2) is 4.90 Å². The van der Waals surface area contributed by atoms with E-state index >= 15 is 0 Å². The monoisotopic (exact) mass is 372 g/mol. The van der Waals surface area contributed by atoms with Gasteiger partial charge in [-0.25, -0.2) is 0 Å². The van der Waals surface area contributed by atoms with Crippen molar-refractivity contribution < 1.29 is 28.7 Å². The minimum atomic E-state index is -4.90. The lowest BCUT2D eigenvalue weighted by molar-refractivity contribution is 0.288. The second kappa shape index (κ2) is 11.0. The van der Waals surface area contributed by atoms with E-state index in [1.54, 1.807) is 0 Å². The highest BCUT2D eigenvalue weighted by Crippen LogP contribution is 2.73. The van der Waals surface area contributed by atoms with Crippen LogP contribution < -0.4 is 0 Å². The minimum Gasteiger partial charge on any atom is -0.324 e. The number of rotatable bonds is 14. The summed E-state index contributed by atoms with van der Waals surface area (Å²) in [5.41, 5.74) is 0. The lowest BCUT2D eigenvalue weighted by Gasteiger charge is -2.34. The molecule has 0 aliphatic rings. The smallest absolute Gasteiger partial charge is 0.324 e. The first-order valence-electron chi connectivity index (χ1n) is 8.73. The van der Waals surface area contributed by atoms with Crippen molar-refractivity contribution in [3.05, 3.63) is 0 Å². The zero-order valence-electron chi connectivity index (χ0n) is 14.5. The van der Waals surface area contributed by atoms with Gasteiger partial charge in [-0.05, 0) is 12.8 Å². The first-order valence-corrected chi connectivity index (χ1v) is 12.0. The van der Waals surface area contributed by atoms with E-state index in [4.69, 9.17) is 0 Å². The summed E-state index contributed by atoms with van der Waals surface area (Å²) in [6, 6.07) is 0. The van der Waals surface area contributed by atoms with Crippen molar-refractivity contribution in [3.8, 4) is 0 Å². The Morgan fingerprint density at radius 1 is 0.609 bits per heavy atom. The number of unbranched alkanes of at least 4 members (excludes halogenated alkanes) is 8. The van der Waals surface area contributed by atoms with E-state index < -0.39 is 20.1 Å². The highest BCUT2D eigenvalue weighted by atomic mass is 31.2. The third-order valence-electron chi connectivity index (χ3n) is 4.45. The van der Waals surface area contributed by atoms with Gasteiger partial charge in [0.25, 0.3) is 0 Å². The van der Waals surface area contributed by atoms with E-state index in [0.717, 1.165) is 51.4 Å². The molecule has 0 aliphatic heterocycles. The Bertz CT molecular complexity index is 363. The molecule has 0 atom stereocenters. The summed E-state index contributed by atoms with van der Waals surface area (Å²) in [6.07, 6.45) is 8.10. The molecule has 6 nitrogen and oxygen atoms in total. The molecule has 0 rings (SSSR count). The quantitative estimate of drug-likeness (QED) is 0.258. The predicted octanol–water partition coefficient (Wildman–Crippen LogP) is 4.76. The summed E-state index contributed by atoms with van der Waals surface area (Å²) in [4.78, 5) is 36.6. The fraction of sp³-hybridized carbons (Fsp3) is 1.00. The highest BCUT2D eigenvalue weighted by Gasteiger charge is 2.58. The van der Waals surface area contributed by atoms with Crippen molar-refractivity contribution in [1.29, 1.82) is 0 Å². The zero-order valence-corrected chi connectivity index (χ0v) is 16.3. The second-order valence-electron chi connectivity index (χ2n) is 6.40. The van der Waals surface area contributed by atoms with Crippen molar-refractivity contribution in [1.82, 2.24) is 0 Å². The Hall–Kier alpha value is 0.300. The Labute approximate surface area is 140 Å². The van der Waals surface area contributed by atoms with Crippen LogP contribution in [0.2, 0.25) is 0 Å². The molecule has 0 saturated heterocycles. The fourth-order valence-corrected chi connectivity index (χ4v) is 6.06. The molecule has 0 amide bonds. The van der Waals surface area contributed by atoms with E-state index in [9.17, 15) is 28.7 Å². The van der Waals surface area contributed by atoms with Crippen LogP contribution in [0.5, 0.6) is 0 Å². The standard InChI is InChI=1S/C15H34O6P2/c1-3-5-7-9-11-13-15(22(16,17)18,23(19,20)21)14-12-10-8-6-4-2/h3-14H2,1-2H3,(H2,16,17,18)(H2,19,20,21). The molecule has 0 fully saturated rings. The largest absolute Gasteiger partial charge is 0.343 e. The molecule has 0 saturated carbocycles. The lowest BCUT2D eigenvalue weighted by Crippen LogP contribution is -2.29. The molecule has 4 N–H and O–H groups in total. The van der Waals surface area contributed by atoms with Crippen LogP contribution in [0.1, 0.15) is 90.9 Å². The third kappa shape index (κ3) is 7.81. The van der Waals surface area contributed by atoms with Crippen LogP contribution in [-0.2, 0) is 9.13 Å². The molecule has 0 aromatic rings. The van der Waals surface area contributed by atoms with Crippen LogP contribution in [0.3, 0.4) is 0 Å². The molecule has 0 radical (unpaired) electrons. The van der Waals surface area contributed by atoms with Crippen molar-refractivity contribution in [2.75, 3.05) is 0 Å². The summed E-state index contributed by atoms with van der Waals surface area (Å²) in [6.45, 7) is 4.12. The molecule has 140 valence electrons. The first-order chi connectivity index (χ1) is 10.6. The summed E-state index contributed by atoms with van der Waals surface area (Å²) in [5, 5.41) is 0. The van der Waals surface area contributed by atoms with Gasteiger partial charge >= 0.3 is 15.2 Å². The summed E-state index contributed by atoms with van der Waals surface area (Å²) < 4.78 is 23.9. The van der Waals surface area contributed by atoms with Gasteiger partial charge < -0.3 is 19.6 Å². The van der Waals surface area contributed by atoms with Gasteiger partial charge in [0.2, 0.25) is 0 Å². The molecule has 0 aromatic carbocycles. The van der Waals surface area contributed by atoms with Crippen LogP contribution >= 0.6 is 15.2 Å². The molecule has 0 spiro atoms. The SMILES string of the molecule is CCCCCCCC(CCCCCCC)(P(=O)(O)O)P(=O)(O)O. The van der Waals surface area contributed by atoms with Crippen molar-refractivity contribution in [2.24, 2.45) is 0 Å². The average molecular weight is 372 g/mol. The zero-order chi connectivity index (χ0) is 18.0. The Morgan fingerprint density at radius 2 is 0.913 bits per heavy atom. The van der Waals surface area contributed by atoms with Crippen LogP contribution in [0.25, 0.3) is 0 Å². The average Bonchev–Trinajstić information content (AvgIpc) is 2.42. The van der Waals surface area contributed by atoms with Crippen molar-refractivity contribution in [2.45, 2.75) is 95.8 Å². The highest BCUT2D eigenvalue weighted by molar-refractivity contribution is 7.72. The molecular weight excluding hydrogens is 338 g/mol. The molecule has 0 unspecified atom stereocenters. The van der Waals surface area contributed by atoms with E-state index in [1.165, 1.54) is 0 Å². The number of hydrogen-bond donors (Lipinski definition) is 4. The molecule has 8 heteroatoms. The molecule has 0 aromatic heterocycles.